The summed E-state index contributed by atoms with van der Waals surface area (Å²) in [4.78, 5) is 2.49. The van der Waals surface area contributed by atoms with Gasteiger partial charge in [0.1, 0.15) is 0 Å². The summed E-state index contributed by atoms with van der Waals surface area (Å²) in [5, 5.41) is 11.3. The number of rotatable bonds is 4. The number of anilines is 1. The first-order valence-electron chi connectivity index (χ1n) is 11.1. The minimum absolute atomic E-state index is 0.398. The molecule has 0 unspecified atom stereocenters. The summed E-state index contributed by atoms with van der Waals surface area (Å²) in [6.07, 6.45) is 0. The molecule has 0 atom stereocenters. The lowest BCUT2D eigenvalue weighted by Gasteiger charge is -2.34. The van der Waals surface area contributed by atoms with Gasteiger partial charge in [-0.3, -0.25) is 0 Å². The highest BCUT2D eigenvalue weighted by Crippen LogP contribution is 2.28. The lowest BCUT2D eigenvalue weighted by atomic mass is 10.0. The minimum atomic E-state index is -3.51. The van der Waals surface area contributed by atoms with Crippen LogP contribution >= 0.6 is 0 Å². The zero-order valence-electron chi connectivity index (χ0n) is 18.8. The number of hydrogen-bond donors (Lipinski definition) is 0. The molecule has 1 saturated heterocycles. The molecule has 3 aromatic carbocycles. The van der Waals surface area contributed by atoms with E-state index in [1.165, 1.54) is 5.39 Å². The van der Waals surface area contributed by atoms with Gasteiger partial charge in [-0.1, -0.05) is 54.6 Å². The molecule has 33 heavy (non-hydrogen) atoms. The van der Waals surface area contributed by atoms with E-state index in [0.717, 1.165) is 33.6 Å². The number of nitrogens with zero attached hydrogens (tertiary/aromatic N) is 4. The topological polar surface area (TPSA) is 66.4 Å². The van der Waals surface area contributed by atoms with E-state index in [2.05, 4.69) is 39.4 Å². The number of hydrogen-bond acceptors (Lipinski definition) is 5. The van der Waals surface area contributed by atoms with Gasteiger partial charge in [0.05, 0.1) is 10.6 Å². The molecule has 0 saturated carbocycles. The van der Waals surface area contributed by atoms with E-state index >= 15 is 0 Å². The fraction of sp³-hybridized carbons (Fsp3) is 0.231. The van der Waals surface area contributed by atoms with Crippen molar-refractivity contribution in [2.45, 2.75) is 18.7 Å². The monoisotopic (exact) mass is 458 g/mol. The molecular weight excluding hydrogens is 432 g/mol. The molecule has 168 valence electrons. The maximum atomic E-state index is 13.2. The average molecular weight is 459 g/mol. The summed E-state index contributed by atoms with van der Waals surface area (Å²) in [6.45, 7) is 5.75. The van der Waals surface area contributed by atoms with Gasteiger partial charge in [-0.2, -0.15) is 4.31 Å². The van der Waals surface area contributed by atoms with Crippen molar-refractivity contribution in [3.63, 3.8) is 0 Å². The van der Waals surface area contributed by atoms with Crippen LogP contribution in [0.15, 0.2) is 77.7 Å². The molecule has 5 rings (SSSR count). The Labute approximate surface area is 194 Å². The Morgan fingerprint density at radius 3 is 2.30 bits per heavy atom. The zero-order valence-corrected chi connectivity index (χ0v) is 19.6. The van der Waals surface area contributed by atoms with E-state index in [1.54, 1.807) is 10.4 Å². The number of aromatic nitrogens is 2. The predicted octanol–water partition coefficient (Wildman–Crippen LogP) is 4.42. The molecule has 0 spiro atoms. The highest BCUT2D eigenvalue weighted by atomic mass is 32.2. The fourth-order valence-corrected chi connectivity index (χ4v) is 6.10. The Balaban J connectivity index is 1.32. The molecular formula is C26H26N4O2S. The highest BCUT2D eigenvalue weighted by Gasteiger charge is 2.30. The second-order valence-electron chi connectivity index (χ2n) is 8.46. The Kier molecular flexibility index (Phi) is 5.60. The van der Waals surface area contributed by atoms with Crippen molar-refractivity contribution in [3.8, 4) is 11.3 Å². The summed E-state index contributed by atoms with van der Waals surface area (Å²) < 4.78 is 28.0. The van der Waals surface area contributed by atoms with Crippen molar-refractivity contribution >= 4 is 26.6 Å². The standard InChI is InChI=1S/C26H26N4O2S/c1-19-10-11-20(2)25(18-19)33(31,32)30-16-14-29(15-17-30)26-13-12-24(27-28-26)23-9-5-7-21-6-3-4-8-22(21)23/h3-13,18H,14-17H2,1-2H3. The molecule has 6 nitrogen and oxygen atoms in total. The van der Waals surface area contributed by atoms with Gasteiger partial charge in [-0.15, -0.1) is 10.2 Å². The summed E-state index contributed by atoms with van der Waals surface area (Å²) >= 11 is 0. The van der Waals surface area contributed by atoms with E-state index in [0.29, 0.717) is 31.1 Å². The summed E-state index contributed by atoms with van der Waals surface area (Å²) in [7, 11) is -3.51. The predicted molar refractivity (Wildman–Crippen MR) is 132 cm³/mol. The van der Waals surface area contributed by atoms with Crippen molar-refractivity contribution in [1.82, 2.24) is 14.5 Å². The zero-order chi connectivity index (χ0) is 23.0. The van der Waals surface area contributed by atoms with Gasteiger partial charge < -0.3 is 4.90 Å². The van der Waals surface area contributed by atoms with Crippen molar-refractivity contribution in [2.24, 2.45) is 0 Å². The Morgan fingerprint density at radius 2 is 1.55 bits per heavy atom. The average Bonchev–Trinajstić information content (AvgIpc) is 2.85. The second kappa shape index (κ2) is 8.57. The van der Waals surface area contributed by atoms with E-state index in [9.17, 15) is 8.42 Å². The van der Waals surface area contributed by atoms with Crippen molar-refractivity contribution in [3.05, 3.63) is 83.9 Å². The highest BCUT2D eigenvalue weighted by molar-refractivity contribution is 7.89. The largest absolute Gasteiger partial charge is 0.352 e. The molecule has 0 bridgehead atoms. The molecule has 1 aromatic heterocycles. The molecule has 1 aliphatic heterocycles. The van der Waals surface area contributed by atoms with Gasteiger partial charge in [-0.05, 0) is 53.9 Å². The molecule has 0 aliphatic carbocycles. The van der Waals surface area contributed by atoms with E-state index in [4.69, 9.17) is 0 Å². The van der Waals surface area contributed by atoms with Crippen LogP contribution in [0.4, 0.5) is 5.82 Å². The summed E-state index contributed by atoms with van der Waals surface area (Å²) in [5.41, 5.74) is 3.60. The van der Waals surface area contributed by atoms with Crippen LogP contribution in [-0.2, 0) is 10.0 Å². The molecule has 0 amide bonds. The van der Waals surface area contributed by atoms with Crippen LogP contribution in [0.5, 0.6) is 0 Å². The Hall–Kier alpha value is -3.29. The van der Waals surface area contributed by atoms with Gasteiger partial charge in [0.2, 0.25) is 10.0 Å². The molecule has 1 fully saturated rings. The number of aryl methyl sites for hydroxylation is 2. The quantitative estimate of drug-likeness (QED) is 0.453. The minimum Gasteiger partial charge on any atom is -0.352 e. The van der Waals surface area contributed by atoms with Gasteiger partial charge in [-0.25, -0.2) is 8.42 Å². The molecule has 1 aliphatic rings. The van der Waals surface area contributed by atoms with Crippen molar-refractivity contribution in [2.75, 3.05) is 31.1 Å². The number of benzene rings is 3. The first-order chi connectivity index (χ1) is 15.9. The lowest BCUT2D eigenvalue weighted by molar-refractivity contribution is 0.383. The number of sulfonamides is 1. The van der Waals surface area contributed by atoms with Gasteiger partial charge in [0.15, 0.2) is 5.82 Å². The van der Waals surface area contributed by atoms with Gasteiger partial charge in [0, 0.05) is 31.7 Å². The van der Waals surface area contributed by atoms with Crippen molar-refractivity contribution in [1.29, 1.82) is 0 Å². The molecule has 2 heterocycles. The maximum absolute atomic E-state index is 13.2. The lowest BCUT2D eigenvalue weighted by Crippen LogP contribution is -2.49. The maximum Gasteiger partial charge on any atom is 0.243 e. The third-order valence-electron chi connectivity index (χ3n) is 6.24. The molecule has 4 aromatic rings. The Morgan fingerprint density at radius 1 is 0.788 bits per heavy atom. The normalized spacial score (nSPS) is 15.2. The molecule has 7 heteroatoms. The van der Waals surface area contributed by atoms with E-state index in [1.807, 2.05) is 56.3 Å². The fourth-order valence-electron chi connectivity index (χ4n) is 4.37. The van der Waals surface area contributed by atoms with Crippen LogP contribution in [0.1, 0.15) is 11.1 Å². The van der Waals surface area contributed by atoms with Gasteiger partial charge in [0.25, 0.3) is 0 Å². The van der Waals surface area contributed by atoms with Crippen molar-refractivity contribution < 1.29 is 8.42 Å². The number of fused-ring (bicyclic) bond motifs is 1. The van der Waals surface area contributed by atoms with Crippen LogP contribution in [-0.4, -0.2) is 49.1 Å². The second-order valence-corrected chi connectivity index (χ2v) is 10.4. The summed E-state index contributed by atoms with van der Waals surface area (Å²) in [5.74, 6) is 0.766. The summed E-state index contributed by atoms with van der Waals surface area (Å²) in [6, 6.07) is 23.9. The van der Waals surface area contributed by atoms with Crippen LogP contribution in [0, 0.1) is 13.8 Å². The first-order valence-corrected chi connectivity index (χ1v) is 12.5. The Bertz CT molecular complexity index is 1400. The van der Waals surface area contributed by atoms with E-state index in [-0.39, 0.29) is 0 Å². The van der Waals surface area contributed by atoms with Crippen LogP contribution in [0.25, 0.3) is 22.0 Å². The van der Waals surface area contributed by atoms with Crippen LogP contribution < -0.4 is 4.90 Å². The SMILES string of the molecule is Cc1ccc(C)c(S(=O)(=O)N2CCN(c3ccc(-c4cccc5ccccc45)nn3)CC2)c1. The van der Waals surface area contributed by atoms with Crippen LogP contribution in [0.3, 0.4) is 0 Å². The third-order valence-corrected chi connectivity index (χ3v) is 8.28. The first kappa shape index (κ1) is 21.6. The van der Waals surface area contributed by atoms with E-state index < -0.39 is 10.0 Å². The molecule has 0 radical (unpaired) electrons. The number of piperazine rings is 1. The third kappa shape index (κ3) is 4.10. The van der Waals surface area contributed by atoms with Gasteiger partial charge >= 0.3 is 0 Å². The van der Waals surface area contributed by atoms with Crippen LogP contribution in [0.2, 0.25) is 0 Å². The smallest absolute Gasteiger partial charge is 0.243 e. The molecule has 0 N–H and O–H groups in total.